The summed E-state index contributed by atoms with van der Waals surface area (Å²) >= 11 is 0. The van der Waals surface area contributed by atoms with Gasteiger partial charge in [-0.25, -0.2) is 4.79 Å². The average Bonchev–Trinajstić information content (AvgIpc) is 3.28. The van der Waals surface area contributed by atoms with E-state index in [0.29, 0.717) is 18.9 Å². The molecule has 106 valence electrons. The van der Waals surface area contributed by atoms with Crippen LogP contribution in [0.5, 0.6) is 5.75 Å². The van der Waals surface area contributed by atoms with Crippen molar-refractivity contribution >= 4 is 17.6 Å². The van der Waals surface area contributed by atoms with Crippen LogP contribution in [0.25, 0.3) is 0 Å². The smallest absolute Gasteiger partial charge is 0.315 e. The van der Waals surface area contributed by atoms with Crippen LogP contribution >= 0.6 is 0 Å². The number of rotatable bonds is 3. The van der Waals surface area contributed by atoms with Crippen LogP contribution in [0.4, 0.5) is 10.5 Å². The fraction of sp³-hybridized carbons (Fsp3) is 0.429. The molecule has 3 rings (SSSR count). The topological polar surface area (TPSA) is 70.7 Å². The molecular formula is C14H17N3O3. The number of amides is 3. The lowest BCUT2D eigenvalue weighted by Gasteiger charge is -2.29. The number of para-hydroxylation sites is 2. The Morgan fingerprint density at radius 2 is 2.10 bits per heavy atom. The van der Waals surface area contributed by atoms with Gasteiger partial charge in [0.1, 0.15) is 12.4 Å². The van der Waals surface area contributed by atoms with Gasteiger partial charge in [0.05, 0.1) is 18.8 Å². The van der Waals surface area contributed by atoms with Crippen LogP contribution in [-0.4, -0.2) is 37.7 Å². The van der Waals surface area contributed by atoms with Gasteiger partial charge in [0.15, 0.2) is 0 Å². The Hall–Kier alpha value is -2.24. The number of fused-ring (bicyclic) bond motifs is 1. The molecule has 1 aliphatic heterocycles. The van der Waals surface area contributed by atoms with E-state index in [9.17, 15) is 9.59 Å². The Morgan fingerprint density at radius 3 is 2.90 bits per heavy atom. The summed E-state index contributed by atoms with van der Waals surface area (Å²) in [5.41, 5.74) is 0.758. The summed E-state index contributed by atoms with van der Waals surface area (Å²) in [6.45, 7) is 0.964. The van der Waals surface area contributed by atoms with E-state index in [2.05, 4.69) is 10.6 Å². The van der Waals surface area contributed by atoms with Gasteiger partial charge in [-0.1, -0.05) is 12.1 Å². The number of ether oxygens (including phenoxy) is 1. The third-order valence-corrected chi connectivity index (χ3v) is 3.34. The highest BCUT2D eigenvalue weighted by molar-refractivity contribution is 5.98. The van der Waals surface area contributed by atoms with Gasteiger partial charge in [0, 0.05) is 6.04 Å². The molecule has 1 fully saturated rings. The second-order valence-electron chi connectivity index (χ2n) is 4.96. The highest BCUT2D eigenvalue weighted by Gasteiger charge is 2.25. The molecule has 3 amide bonds. The summed E-state index contributed by atoms with van der Waals surface area (Å²) in [5, 5.41) is 5.39. The number of urea groups is 1. The Morgan fingerprint density at radius 1 is 1.30 bits per heavy atom. The molecule has 0 atom stereocenters. The van der Waals surface area contributed by atoms with Gasteiger partial charge in [-0.3, -0.25) is 4.79 Å². The molecule has 20 heavy (non-hydrogen) atoms. The summed E-state index contributed by atoms with van der Waals surface area (Å²) < 4.78 is 5.50. The molecule has 1 heterocycles. The molecule has 0 aromatic heterocycles. The van der Waals surface area contributed by atoms with Gasteiger partial charge in [-0.05, 0) is 25.0 Å². The van der Waals surface area contributed by atoms with Gasteiger partial charge in [0.2, 0.25) is 5.91 Å². The van der Waals surface area contributed by atoms with E-state index in [0.717, 1.165) is 18.5 Å². The monoisotopic (exact) mass is 275 g/mol. The number of benzene rings is 1. The van der Waals surface area contributed by atoms with Crippen LogP contribution in [-0.2, 0) is 4.79 Å². The van der Waals surface area contributed by atoms with Crippen LogP contribution in [0.15, 0.2) is 24.3 Å². The van der Waals surface area contributed by atoms with Crippen molar-refractivity contribution in [3.8, 4) is 5.75 Å². The molecule has 0 unspecified atom stereocenters. The van der Waals surface area contributed by atoms with Crippen molar-refractivity contribution in [2.75, 3.05) is 24.6 Å². The lowest BCUT2D eigenvalue weighted by atomic mass is 10.2. The fourth-order valence-electron chi connectivity index (χ4n) is 2.14. The summed E-state index contributed by atoms with van der Waals surface area (Å²) in [5.74, 6) is 0.571. The molecule has 0 saturated heterocycles. The number of nitrogens with one attached hydrogen (secondary N) is 2. The largest absolute Gasteiger partial charge is 0.490 e. The summed E-state index contributed by atoms with van der Waals surface area (Å²) in [6, 6.07) is 7.42. The van der Waals surface area contributed by atoms with Gasteiger partial charge in [-0.15, -0.1) is 0 Å². The summed E-state index contributed by atoms with van der Waals surface area (Å²) in [6.07, 6.45) is 2.05. The maximum absolute atomic E-state index is 12.2. The molecule has 2 aliphatic rings. The Kier molecular flexibility index (Phi) is 3.45. The lowest BCUT2D eigenvalue weighted by Crippen LogP contribution is -2.46. The molecule has 6 nitrogen and oxygen atoms in total. The Labute approximate surface area is 117 Å². The van der Waals surface area contributed by atoms with Crippen molar-refractivity contribution in [2.24, 2.45) is 0 Å². The van der Waals surface area contributed by atoms with Gasteiger partial charge < -0.3 is 20.3 Å². The molecule has 0 spiro atoms. The van der Waals surface area contributed by atoms with E-state index in [1.807, 2.05) is 24.3 Å². The molecule has 2 N–H and O–H groups in total. The van der Waals surface area contributed by atoms with Gasteiger partial charge in [0.25, 0.3) is 0 Å². The SMILES string of the molecule is O=C(NCC(=O)N1CCOc2ccccc21)NC1CC1. The fourth-order valence-corrected chi connectivity index (χ4v) is 2.14. The molecular weight excluding hydrogens is 258 g/mol. The highest BCUT2D eigenvalue weighted by Crippen LogP contribution is 2.30. The first-order valence-electron chi connectivity index (χ1n) is 6.80. The first kappa shape index (κ1) is 12.8. The Balaban J connectivity index is 1.58. The third kappa shape index (κ3) is 2.84. The molecule has 1 aliphatic carbocycles. The van der Waals surface area contributed by atoms with Crippen molar-refractivity contribution in [3.05, 3.63) is 24.3 Å². The van der Waals surface area contributed by atoms with Crippen molar-refractivity contribution in [1.29, 1.82) is 0 Å². The maximum atomic E-state index is 12.2. The van der Waals surface area contributed by atoms with Crippen LogP contribution in [0.2, 0.25) is 0 Å². The van der Waals surface area contributed by atoms with Crippen LogP contribution in [0, 0.1) is 0 Å². The minimum absolute atomic E-state index is 0.00706. The second kappa shape index (κ2) is 5.40. The molecule has 1 saturated carbocycles. The number of hydrogen-bond acceptors (Lipinski definition) is 3. The van der Waals surface area contributed by atoms with E-state index in [1.54, 1.807) is 4.90 Å². The zero-order valence-electron chi connectivity index (χ0n) is 11.1. The van der Waals surface area contributed by atoms with E-state index in [4.69, 9.17) is 4.74 Å². The summed E-state index contributed by atoms with van der Waals surface area (Å²) in [7, 11) is 0. The maximum Gasteiger partial charge on any atom is 0.315 e. The first-order valence-corrected chi connectivity index (χ1v) is 6.80. The minimum Gasteiger partial charge on any atom is -0.490 e. The lowest BCUT2D eigenvalue weighted by molar-refractivity contribution is -0.117. The molecule has 6 heteroatoms. The number of anilines is 1. The van der Waals surface area contributed by atoms with E-state index >= 15 is 0 Å². The standard InChI is InChI=1S/C14H17N3O3/c18-13(9-15-14(19)16-10-5-6-10)17-7-8-20-12-4-2-1-3-11(12)17/h1-4,10H,5-9H2,(H2,15,16,19). The predicted octanol–water partition coefficient (Wildman–Crippen LogP) is 0.874. The van der Waals surface area contributed by atoms with Gasteiger partial charge in [-0.2, -0.15) is 0 Å². The van der Waals surface area contributed by atoms with E-state index in [-0.39, 0.29) is 24.5 Å². The number of nitrogens with zero attached hydrogens (tertiary/aromatic N) is 1. The average molecular weight is 275 g/mol. The van der Waals surface area contributed by atoms with Crippen molar-refractivity contribution in [1.82, 2.24) is 10.6 Å². The predicted molar refractivity (Wildman–Crippen MR) is 73.8 cm³/mol. The summed E-state index contributed by atoms with van der Waals surface area (Å²) in [4.78, 5) is 25.4. The van der Waals surface area contributed by atoms with E-state index in [1.165, 1.54) is 0 Å². The second-order valence-corrected chi connectivity index (χ2v) is 4.96. The van der Waals surface area contributed by atoms with Gasteiger partial charge >= 0.3 is 6.03 Å². The normalized spacial score (nSPS) is 16.9. The first-order chi connectivity index (χ1) is 9.74. The van der Waals surface area contributed by atoms with E-state index < -0.39 is 0 Å². The van der Waals surface area contributed by atoms with Crippen LogP contribution in [0.3, 0.4) is 0 Å². The Bertz CT molecular complexity index is 528. The highest BCUT2D eigenvalue weighted by atomic mass is 16.5. The van der Waals surface area contributed by atoms with Crippen molar-refractivity contribution in [3.63, 3.8) is 0 Å². The molecule has 0 bridgehead atoms. The van der Waals surface area contributed by atoms with Crippen molar-refractivity contribution in [2.45, 2.75) is 18.9 Å². The minimum atomic E-state index is -0.276. The quantitative estimate of drug-likeness (QED) is 0.860. The van der Waals surface area contributed by atoms with Crippen LogP contribution < -0.4 is 20.3 Å². The third-order valence-electron chi connectivity index (χ3n) is 3.34. The van der Waals surface area contributed by atoms with Crippen LogP contribution in [0.1, 0.15) is 12.8 Å². The molecule has 1 aromatic carbocycles. The molecule has 0 radical (unpaired) electrons. The zero-order valence-corrected chi connectivity index (χ0v) is 11.1. The number of carbonyl (C=O) groups is 2. The number of hydrogen-bond donors (Lipinski definition) is 2. The zero-order chi connectivity index (χ0) is 13.9. The number of carbonyl (C=O) groups excluding carboxylic acids is 2. The molecule has 1 aromatic rings. The van der Waals surface area contributed by atoms with Crippen molar-refractivity contribution < 1.29 is 14.3 Å².